The zero-order valence-electron chi connectivity index (χ0n) is 8.69. The molecule has 15 heavy (non-hydrogen) atoms. The van der Waals surface area contributed by atoms with E-state index < -0.39 is 0 Å². The average molecular weight is 206 g/mol. The average Bonchev–Trinajstić information content (AvgIpc) is 2.26. The predicted octanol–water partition coefficient (Wildman–Crippen LogP) is 0.679. The minimum Gasteiger partial charge on any atom is -0.490 e. The number of nitrogens with two attached hydrogens (primary N) is 1. The third-order valence-corrected chi connectivity index (χ3v) is 2.45. The van der Waals surface area contributed by atoms with Gasteiger partial charge in [-0.15, -0.1) is 0 Å². The van der Waals surface area contributed by atoms with E-state index in [4.69, 9.17) is 10.5 Å². The molecular weight excluding hydrogens is 192 g/mol. The first-order chi connectivity index (χ1) is 7.22. The fourth-order valence-electron chi connectivity index (χ4n) is 1.70. The number of carbonyl (C=O) groups excluding carboxylic acids is 1. The van der Waals surface area contributed by atoms with Crippen molar-refractivity contribution in [1.29, 1.82) is 0 Å². The molecule has 1 aromatic rings. The van der Waals surface area contributed by atoms with Gasteiger partial charge < -0.3 is 15.4 Å². The molecule has 0 saturated heterocycles. The number of amides is 1. The molecule has 4 nitrogen and oxygen atoms in total. The maximum atomic E-state index is 11.6. The quantitative estimate of drug-likeness (QED) is 0.735. The summed E-state index contributed by atoms with van der Waals surface area (Å²) in [4.78, 5) is 13.2. The maximum absolute atomic E-state index is 11.6. The minimum atomic E-state index is -0.0663. The Labute approximate surface area is 88.6 Å². The first-order valence-corrected chi connectivity index (χ1v) is 4.96. The molecule has 2 N–H and O–H groups in total. The summed E-state index contributed by atoms with van der Waals surface area (Å²) in [6.45, 7) is 3.13. The molecule has 0 radical (unpaired) electrons. The first kappa shape index (κ1) is 9.98. The number of hydrogen-bond donors (Lipinski definition) is 1. The molecule has 1 aromatic carbocycles. The highest BCUT2D eigenvalue weighted by atomic mass is 16.5. The normalized spacial score (nSPS) is 14.4. The highest BCUT2D eigenvalue weighted by molar-refractivity contribution is 5.96. The summed E-state index contributed by atoms with van der Waals surface area (Å²) in [6.07, 6.45) is 0. The van der Waals surface area contributed by atoms with E-state index in [1.807, 2.05) is 25.1 Å². The van der Waals surface area contributed by atoms with Crippen molar-refractivity contribution >= 4 is 11.6 Å². The fraction of sp³-hybridized carbons (Fsp3) is 0.364. The number of fused-ring (bicyclic) bond motifs is 1. The van der Waals surface area contributed by atoms with Gasteiger partial charge in [-0.25, -0.2) is 0 Å². The number of nitrogens with zero attached hydrogens (tertiary/aromatic N) is 1. The largest absolute Gasteiger partial charge is 0.490 e. The molecule has 0 aromatic heterocycles. The predicted molar refractivity (Wildman–Crippen MR) is 58.1 cm³/mol. The van der Waals surface area contributed by atoms with Gasteiger partial charge in [0.05, 0.1) is 18.8 Å². The summed E-state index contributed by atoms with van der Waals surface area (Å²) in [5, 5.41) is 0. The van der Waals surface area contributed by atoms with Crippen LogP contribution < -0.4 is 15.4 Å². The van der Waals surface area contributed by atoms with E-state index >= 15 is 0 Å². The monoisotopic (exact) mass is 206 g/mol. The Morgan fingerprint density at radius 1 is 1.60 bits per heavy atom. The molecule has 80 valence electrons. The molecule has 0 unspecified atom stereocenters. The van der Waals surface area contributed by atoms with Crippen molar-refractivity contribution in [3.05, 3.63) is 23.8 Å². The third kappa shape index (κ3) is 1.80. The smallest absolute Gasteiger partial charge is 0.240 e. The first-order valence-electron chi connectivity index (χ1n) is 4.96. The number of rotatable bonds is 1. The molecule has 0 fully saturated rings. The molecule has 1 aliphatic heterocycles. The second kappa shape index (κ2) is 3.90. The Hall–Kier alpha value is -1.55. The van der Waals surface area contributed by atoms with Crippen molar-refractivity contribution in [3.8, 4) is 5.75 Å². The lowest BCUT2D eigenvalue weighted by molar-refractivity contribution is -0.117. The van der Waals surface area contributed by atoms with Crippen LogP contribution in [0.25, 0.3) is 0 Å². The van der Waals surface area contributed by atoms with Crippen LogP contribution in [0.1, 0.15) is 5.56 Å². The standard InChI is InChI=1S/C11H14N2O2/c1-8-2-3-9-10(6-8)15-5-4-13(9)11(14)7-12/h2-3,6H,4-5,7,12H2,1H3. The van der Waals surface area contributed by atoms with Gasteiger partial charge in [0.15, 0.2) is 0 Å². The second-order valence-electron chi connectivity index (χ2n) is 3.57. The lowest BCUT2D eigenvalue weighted by Gasteiger charge is -2.29. The van der Waals surface area contributed by atoms with Gasteiger partial charge in [-0.2, -0.15) is 0 Å². The summed E-state index contributed by atoms with van der Waals surface area (Å²) in [5.41, 5.74) is 7.30. The molecule has 1 heterocycles. The lowest BCUT2D eigenvalue weighted by atomic mass is 10.1. The van der Waals surface area contributed by atoms with Crippen molar-refractivity contribution in [1.82, 2.24) is 0 Å². The van der Waals surface area contributed by atoms with Gasteiger partial charge in [0, 0.05) is 0 Å². The Balaban J connectivity index is 2.38. The van der Waals surface area contributed by atoms with E-state index in [9.17, 15) is 4.79 Å². The van der Waals surface area contributed by atoms with Crippen LogP contribution in [0.5, 0.6) is 5.75 Å². The van der Waals surface area contributed by atoms with Gasteiger partial charge in [-0.05, 0) is 24.6 Å². The number of ether oxygens (including phenoxy) is 1. The molecule has 0 bridgehead atoms. The van der Waals surface area contributed by atoms with Crippen molar-refractivity contribution < 1.29 is 9.53 Å². The van der Waals surface area contributed by atoms with Gasteiger partial charge in [-0.3, -0.25) is 4.79 Å². The highest BCUT2D eigenvalue weighted by Crippen LogP contribution is 2.32. The van der Waals surface area contributed by atoms with Crippen LogP contribution in [0.3, 0.4) is 0 Å². The topological polar surface area (TPSA) is 55.6 Å². The van der Waals surface area contributed by atoms with E-state index in [-0.39, 0.29) is 12.5 Å². The van der Waals surface area contributed by atoms with Gasteiger partial charge in [0.2, 0.25) is 5.91 Å². The van der Waals surface area contributed by atoms with Crippen LogP contribution in [-0.4, -0.2) is 25.6 Å². The van der Waals surface area contributed by atoms with Crippen LogP contribution in [0.2, 0.25) is 0 Å². The lowest BCUT2D eigenvalue weighted by Crippen LogP contribution is -2.41. The maximum Gasteiger partial charge on any atom is 0.240 e. The van der Waals surface area contributed by atoms with E-state index in [1.54, 1.807) is 4.90 Å². The van der Waals surface area contributed by atoms with Gasteiger partial charge in [0.1, 0.15) is 12.4 Å². The number of hydrogen-bond acceptors (Lipinski definition) is 3. The van der Waals surface area contributed by atoms with Crippen LogP contribution in [-0.2, 0) is 4.79 Å². The molecule has 0 atom stereocenters. The summed E-state index contributed by atoms with van der Waals surface area (Å²) in [6, 6.07) is 5.80. The molecule has 0 spiro atoms. The van der Waals surface area contributed by atoms with Crippen molar-refractivity contribution in [3.63, 3.8) is 0 Å². The molecule has 2 rings (SSSR count). The number of benzene rings is 1. The van der Waals surface area contributed by atoms with Crippen molar-refractivity contribution in [2.75, 3.05) is 24.6 Å². The Kier molecular flexibility index (Phi) is 2.60. The van der Waals surface area contributed by atoms with Gasteiger partial charge in [-0.1, -0.05) is 6.07 Å². The number of anilines is 1. The number of carbonyl (C=O) groups is 1. The molecular formula is C11H14N2O2. The van der Waals surface area contributed by atoms with Crippen molar-refractivity contribution in [2.45, 2.75) is 6.92 Å². The molecule has 0 aliphatic carbocycles. The van der Waals surface area contributed by atoms with Crippen LogP contribution in [0.15, 0.2) is 18.2 Å². The molecule has 1 amide bonds. The van der Waals surface area contributed by atoms with Crippen LogP contribution in [0.4, 0.5) is 5.69 Å². The Morgan fingerprint density at radius 2 is 2.40 bits per heavy atom. The van der Waals surface area contributed by atoms with E-state index in [1.165, 1.54) is 0 Å². The van der Waals surface area contributed by atoms with Gasteiger partial charge in [0.25, 0.3) is 0 Å². The summed E-state index contributed by atoms with van der Waals surface area (Å²) >= 11 is 0. The molecule has 4 heteroatoms. The van der Waals surface area contributed by atoms with E-state index in [0.717, 1.165) is 17.0 Å². The Morgan fingerprint density at radius 3 is 3.13 bits per heavy atom. The van der Waals surface area contributed by atoms with E-state index in [2.05, 4.69) is 0 Å². The minimum absolute atomic E-state index is 0.0350. The Bertz CT molecular complexity index is 390. The number of aryl methyl sites for hydroxylation is 1. The second-order valence-corrected chi connectivity index (χ2v) is 3.57. The zero-order chi connectivity index (χ0) is 10.8. The van der Waals surface area contributed by atoms with Crippen LogP contribution >= 0.6 is 0 Å². The molecule has 0 saturated carbocycles. The van der Waals surface area contributed by atoms with Crippen LogP contribution in [0, 0.1) is 6.92 Å². The van der Waals surface area contributed by atoms with E-state index in [0.29, 0.717) is 13.2 Å². The summed E-state index contributed by atoms with van der Waals surface area (Å²) < 4.78 is 5.49. The summed E-state index contributed by atoms with van der Waals surface area (Å²) in [7, 11) is 0. The molecule has 1 aliphatic rings. The van der Waals surface area contributed by atoms with Crippen molar-refractivity contribution in [2.24, 2.45) is 5.73 Å². The SMILES string of the molecule is Cc1ccc2c(c1)OCCN2C(=O)CN. The fourth-order valence-corrected chi connectivity index (χ4v) is 1.70. The summed E-state index contributed by atoms with van der Waals surface area (Å²) in [5.74, 6) is 0.700. The highest BCUT2D eigenvalue weighted by Gasteiger charge is 2.22. The third-order valence-electron chi connectivity index (χ3n) is 2.45. The zero-order valence-corrected chi connectivity index (χ0v) is 8.69. The van der Waals surface area contributed by atoms with Gasteiger partial charge >= 0.3 is 0 Å².